The number of rotatable bonds is 1. The number of benzene rings is 1. The van der Waals surface area contributed by atoms with Crippen LogP contribution in [0.4, 0.5) is 4.39 Å². The van der Waals surface area contributed by atoms with Crippen molar-refractivity contribution in [3.05, 3.63) is 46.3 Å². The van der Waals surface area contributed by atoms with Gasteiger partial charge in [-0.3, -0.25) is 0 Å². The molecule has 15 heavy (non-hydrogen) atoms. The molecule has 2 rings (SSSR count). The average molecular weight is 243 g/mol. The van der Waals surface area contributed by atoms with Crippen molar-refractivity contribution in [2.24, 2.45) is 0 Å². The molecule has 76 valence electrons. The fourth-order valence-electron chi connectivity index (χ4n) is 1.13. The van der Waals surface area contributed by atoms with E-state index in [4.69, 9.17) is 23.2 Å². The Bertz CT molecular complexity index is 485. The normalized spacial score (nSPS) is 10.3. The standard InChI is InChI=1S/C10H5Cl2FN2/c11-7-5-6(1-2-8(7)13)9-3-4-10(12)15-14-9/h1-5H. The molecule has 2 nitrogen and oxygen atoms in total. The zero-order valence-corrected chi connectivity index (χ0v) is 8.93. The molecule has 0 saturated heterocycles. The molecule has 5 heteroatoms. The molecule has 0 fully saturated rings. The van der Waals surface area contributed by atoms with Crippen molar-refractivity contribution < 1.29 is 4.39 Å². The fourth-order valence-corrected chi connectivity index (χ4v) is 1.41. The largest absolute Gasteiger partial charge is 0.205 e. The van der Waals surface area contributed by atoms with Crippen LogP contribution in [0.25, 0.3) is 11.3 Å². The first-order valence-corrected chi connectivity index (χ1v) is 4.87. The molecule has 0 spiro atoms. The van der Waals surface area contributed by atoms with Crippen molar-refractivity contribution in [1.29, 1.82) is 0 Å². The van der Waals surface area contributed by atoms with E-state index in [1.807, 2.05) is 0 Å². The zero-order valence-electron chi connectivity index (χ0n) is 7.42. The molecule has 0 aliphatic heterocycles. The zero-order chi connectivity index (χ0) is 10.8. The maximum absolute atomic E-state index is 12.9. The molecule has 1 aromatic heterocycles. The summed E-state index contributed by atoms with van der Waals surface area (Å²) >= 11 is 11.2. The predicted octanol–water partition coefficient (Wildman–Crippen LogP) is 3.59. The van der Waals surface area contributed by atoms with Gasteiger partial charge in [0.05, 0.1) is 10.7 Å². The topological polar surface area (TPSA) is 25.8 Å². The first-order valence-electron chi connectivity index (χ1n) is 4.11. The summed E-state index contributed by atoms with van der Waals surface area (Å²) in [4.78, 5) is 0. The van der Waals surface area contributed by atoms with Crippen molar-refractivity contribution in [2.45, 2.75) is 0 Å². The van der Waals surface area contributed by atoms with E-state index in [1.165, 1.54) is 12.1 Å². The Morgan fingerprint density at radius 3 is 2.40 bits per heavy atom. The van der Waals surface area contributed by atoms with E-state index in [1.54, 1.807) is 18.2 Å². The second-order valence-corrected chi connectivity index (χ2v) is 3.66. The molecular formula is C10H5Cl2FN2. The van der Waals surface area contributed by atoms with Gasteiger partial charge in [-0.2, -0.15) is 0 Å². The Hall–Kier alpha value is -1.19. The van der Waals surface area contributed by atoms with Crippen LogP contribution in [-0.2, 0) is 0 Å². The number of hydrogen-bond acceptors (Lipinski definition) is 2. The lowest BCUT2D eigenvalue weighted by atomic mass is 10.1. The monoisotopic (exact) mass is 242 g/mol. The minimum atomic E-state index is -0.456. The quantitative estimate of drug-likeness (QED) is 0.764. The highest BCUT2D eigenvalue weighted by molar-refractivity contribution is 6.31. The summed E-state index contributed by atoms with van der Waals surface area (Å²) < 4.78 is 12.9. The first kappa shape index (κ1) is 10.3. The third-order valence-electron chi connectivity index (χ3n) is 1.85. The third-order valence-corrected chi connectivity index (χ3v) is 2.34. The number of aromatic nitrogens is 2. The van der Waals surface area contributed by atoms with E-state index in [9.17, 15) is 4.39 Å². The molecule has 0 amide bonds. The molecule has 1 aromatic carbocycles. The second kappa shape index (κ2) is 4.13. The Labute approximate surface area is 95.7 Å². The number of nitrogens with zero attached hydrogens (tertiary/aromatic N) is 2. The minimum absolute atomic E-state index is 0.0595. The first-order chi connectivity index (χ1) is 7.16. The lowest BCUT2D eigenvalue weighted by Gasteiger charge is -2.00. The predicted molar refractivity (Wildman–Crippen MR) is 57.4 cm³/mol. The average Bonchev–Trinajstić information content (AvgIpc) is 2.23. The summed E-state index contributed by atoms with van der Waals surface area (Å²) in [5.41, 5.74) is 1.30. The molecule has 0 bridgehead atoms. The molecule has 0 aliphatic rings. The van der Waals surface area contributed by atoms with Gasteiger partial charge in [-0.25, -0.2) is 4.39 Å². The molecule has 0 saturated carbocycles. The van der Waals surface area contributed by atoms with Crippen LogP contribution >= 0.6 is 23.2 Å². The van der Waals surface area contributed by atoms with Gasteiger partial charge in [0.15, 0.2) is 5.15 Å². The van der Waals surface area contributed by atoms with Crippen LogP contribution in [0.2, 0.25) is 10.2 Å². The molecule has 0 atom stereocenters. The molecule has 0 N–H and O–H groups in total. The summed E-state index contributed by atoms with van der Waals surface area (Å²) in [7, 11) is 0. The molecule has 1 heterocycles. The van der Waals surface area contributed by atoms with Crippen LogP contribution in [0.1, 0.15) is 0 Å². The van der Waals surface area contributed by atoms with Gasteiger partial charge in [-0.1, -0.05) is 23.2 Å². The summed E-state index contributed by atoms with van der Waals surface area (Å²) in [6.07, 6.45) is 0. The van der Waals surface area contributed by atoms with Crippen LogP contribution in [0.3, 0.4) is 0 Å². The van der Waals surface area contributed by atoms with E-state index in [2.05, 4.69) is 10.2 Å². The molecule has 2 aromatic rings. The van der Waals surface area contributed by atoms with E-state index in [0.717, 1.165) is 0 Å². The van der Waals surface area contributed by atoms with Gasteiger partial charge in [0, 0.05) is 5.56 Å². The van der Waals surface area contributed by atoms with Crippen molar-refractivity contribution >= 4 is 23.2 Å². The Morgan fingerprint density at radius 1 is 1.00 bits per heavy atom. The van der Waals surface area contributed by atoms with Gasteiger partial charge in [-0.15, -0.1) is 10.2 Å². The second-order valence-electron chi connectivity index (χ2n) is 2.87. The lowest BCUT2D eigenvalue weighted by molar-refractivity contribution is 0.628. The van der Waals surface area contributed by atoms with Gasteiger partial charge in [0.2, 0.25) is 0 Å². The highest BCUT2D eigenvalue weighted by Crippen LogP contribution is 2.23. The maximum atomic E-state index is 12.9. The summed E-state index contributed by atoms with van der Waals surface area (Å²) in [6, 6.07) is 7.67. The van der Waals surface area contributed by atoms with Crippen molar-refractivity contribution in [1.82, 2.24) is 10.2 Å². The van der Waals surface area contributed by atoms with Gasteiger partial charge >= 0.3 is 0 Å². The van der Waals surface area contributed by atoms with Crippen LogP contribution in [-0.4, -0.2) is 10.2 Å². The van der Waals surface area contributed by atoms with Crippen LogP contribution in [0, 0.1) is 5.82 Å². The van der Waals surface area contributed by atoms with Gasteiger partial charge in [0.25, 0.3) is 0 Å². The Morgan fingerprint density at radius 2 is 1.80 bits per heavy atom. The number of halogens is 3. The van der Waals surface area contributed by atoms with Crippen molar-refractivity contribution in [3.8, 4) is 11.3 Å². The highest BCUT2D eigenvalue weighted by Gasteiger charge is 2.04. The van der Waals surface area contributed by atoms with E-state index in [-0.39, 0.29) is 5.02 Å². The third kappa shape index (κ3) is 2.25. The lowest BCUT2D eigenvalue weighted by Crippen LogP contribution is -1.88. The van der Waals surface area contributed by atoms with Crippen molar-refractivity contribution in [3.63, 3.8) is 0 Å². The molecule has 0 aliphatic carbocycles. The van der Waals surface area contributed by atoms with Crippen LogP contribution in [0.15, 0.2) is 30.3 Å². The SMILES string of the molecule is Fc1ccc(-c2ccc(Cl)nn2)cc1Cl. The van der Waals surface area contributed by atoms with E-state index in [0.29, 0.717) is 16.4 Å². The molecule has 0 radical (unpaired) electrons. The summed E-state index contributed by atoms with van der Waals surface area (Å²) in [6.45, 7) is 0. The van der Waals surface area contributed by atoms with E-state index >= 15 is 0 Å². The Kier molecular flexibility index (Phi) is 2.84. The summed E-state index contributed by atoms with van der Waals surface area (Å²) in [5.74, 6) is -0.456. The number of hydrogen-bond donors (Lipinski definition) is 0. The highest BCUT2D eigenvalue weighted by atomic mass is 35.5. The maximum Gasteiger partial charge on any atom is 0.151 e. The Balaban J connectivity index is 2.45. The van der Waals surface area contributed by atoms with Crippen molar-refractivity contribution in [2.75, 3.05) is 0 Å². The summed E-state index contributed by atoms with van der Waals surface area (Å²) in [5, 5.41) is 7.91. The molecule has 0 unspecified atom stereocenters. The molecular weight excluding hydrogens is 238 g/mol. The van der Waals surface area contributed by atoms with Gasteiger partial charge in [0.1, 0.15) is 5.82 Å². The van der Waals surface area contributed by atoms with E-state index < -0.39 is 5.82 Å². The van der Waals surface area contributed by atoms with Crippen LogP contribution < -0.4 is 0 Å². The van der Waals surface area contributed by atoms with Gasteiger partial charge in [-0.05, 0) is 30.3 Å². The van der Waals surface area contributed by atoms with Gasteiger partial charge < -0.3 is 0 Å². The fraction of sp³-hybridized carbons (Fsp3) is 0. The van der Waals surface area contributed by atoms with Crippen LogP contribution in [0.5, 0.6) is 0 Å². The minimum Gasteiger partial charge on any atom is -0.205 e. The smallest absolute Gasteiger partial charge is 0.151 e.